The lowest BCUT2D eigenvalue weighted by molar-refractivity contribution is 0.0688. The van der Waals surface area contributed by atoms with Gasteiger partial charge in [-0.05, 0) is 48.6 Å². The van der Waals surface area contributed by atoms with Crippen LogP contribution >= 0.6 is 23.1 Å². The molecule has 162 valence electrons. The quantitative estimate of drug-likeness (QED) is 0.649. The van der Waals surface area contributed by atoms with Gasteiger partial charge in [-0.2, -0.15) is 16.1 Å². The molecule has 0 saturated carbocycles. The van der Waals surface area contributed by atoms with Crippen LogP contribution in [0.3, 0.4) is 0 Å². The zero-order valence-electron chi connectivity index (χ0n) is 17.0. The second-order valence-corrected chi connectivity index (χ2v) is 11.9. The van der Waals surface area contributed by atoms with Crippen LogP contribution in [0, 0.1) is 5.92 Å². The third-order valence-corrected chi connectivity index (χ3v) is 9.91. The van der Waals surface area contributed by atoms with Gasteiger partial charge < -0.3 is 4.90 Å². The molecule has 0 atom stereocenters. The number of thioether (sulfide) groups is 1. The monoisotopic (exact) mass is 464 g/mol. The maximum absolute atomic E-state index is 13.1. The molecular formula is C22H28N2O3S3. The molecule has 30 heavy (non-hydrogen) atoms. The highest BCUT2D eigenvalue weighted by molar-refractivity contribution is 7.99. The number of aryl methyl sites for hydroxylation is 1. The number of amides is 1. The van der Waals surface area contributed by atoms with E-state index < -0.39 is 10.0 Å². The van der Waals surface area contributed by atoms with Crippen molar-refractivity contribution in [3.8, 4) is 0 Å². The minimum atomic E-state index is -3.60. The summed E-state index contributed by atoms with van der Waals surface area (Å²) >= 11 is 3.02. The molecule has 2 saturated heterocycles. The summed E-state index contributed by atoms with van der Waals surface area (Å²) in [6, 6.07) is 12.1. The lowest BCUT2D eigenvalue weighted by atomic mass is 9.90. The van der Waals surface area contributed by atoms with Crippen LogP contribution in [0.5, 0.6) is 0 Å². The molecular weight excluding hydrogens is 436 g/mol. The topological polar surface area (TPSA) is 57.7 Å². The van der Waals surface area contributed by atoms with Crippen LogP contribution in [0.4, 0.5) is 0 Å². The van der Waals surface area contributed by atoms with Crippen molar-refractivity contribution in [3.63, 3.8) is 0 Å². The molecule has 1 aromatic heterocycles. The second-order valence-electron chi connectivity index (χ2n) is 7.89. The summed E-state index contributed by atoms with van der Waals surface area (Å²) in [7, 11) is -3.60. The Morgan fingerprint density at radius 2 is 1.70 bits per heavy atom. The summed E-state index contributed by atoms with van der Waals surface area (Å²) < 4.78 is 27.7. The SMILES string of the molecule is O=C(c1sccc1S(=O)(=O)N1CCSCC1)N1CCC(CCc2ccccc2)CC1. The van der Waals surface area contributed by atoms with Crippen molar-refractivity contribution >= 4 is 39.0 Å². The van der Waals surface area contributed by atoms with E-state index in [4.69, 9.17) is 0 Å². The number of hydrogen-bond acceptors (Lipinski definition) is 5. The summed E-state index contributed by atoms with van der Waals surface area (Å²) in [5.41, 5.74) is 1.36. The molecule has 3 heterocycles. The number of hydrogen-bond donors (Lipinski definition) is 0. The van der Waals surface area contributed by atoms with E-state index in [1.165, 1.54) is 21.2 Å². The Morgan fingerprint density at radius 3 is 2.40 bits per heavy atom. The van der Waals surface area contributed by atoms with E-state index in [1.807, 2.05) is 11.0 Å². The zero-order chi connectivity index (χ0) is 21.0. The number of nitrogens with zero attached hydrogens (tertiary/aromatic N) is 2. The van der Waals surface area contributed by atoms with E-state index >= 15 is 0 Å². The number of benzene rings is 1. The molecule has 0 bridgehead atoms. The Bertz CT molecular complexity index is 945. The molecule has 8 heteroatoms. The van der Waals surface area contributed by atoms with E-state index in [1.54, 1.807) is 23.2 Å². The number of likely N-dealkylation sites (tertiary alicyclic amines) is 1. The van der Waals surface area contributed by atoms with Gasteiger partial charge in [-0.15, -0.1) is 11.3 Å². The van der Waals surface area contributed by atoms with Gasteiger partial charge in [0.1, 0.15) is 9.77 Å². The highest BCUT2D eigenvalue weighted by atomic mass is 32.2. The fraction of sp³-hybridized carbons (Fsp3) is 0.500. The number of thiophene rings is 1. The number of rotatable bonds is 6. The first-order valence-electron chi connectivity index (χ1n) is 10.5. The van der Waals surface area contributed by atoms with Crippen LogP contribution in [0.15, 0.2) is 46.7 Å². The van der Waals surface area contributed by atoms with Crippen molar-refractivity contribution in [3.05, 3.63) is 52.2 Å². The smallest absolute Gasteiger partial charge is 0.265 e. The van der Waals surface area contributed by atoms with Crippen LogP contribution in [0.2, 0.25) is 0 Å². The third kappa shape index (κ3) is 4.93. The zero-order valence-corrected chi connectivity index (χ0v) is 19.5. The lowest BCUT2D eigenvalue weighted by Crippen LogP contribution is -2.40. The van der Waals surface area contributed by atoms with Gasteiger partial charge in [-0.3, -0.25) is 4.79 Å². The Labute approximate surface area is 187 Å². The van der Waals surface area contributed by atoms with Gasteiger partial charge in [0, 0.05) is 37.7 Å². The number of piperidine rings is 1. The summed E-state index contributed by atoms with van der Waals surface area (Å²) in [6.45, 7) is 2.44. The highest BCUT2D eigenvalue weighted by Crippen LogP contribution is 2.30. The average Bonchev–Trinajstić information content (AvgIpc) is 3.30. The Balaban J connectivity index is 1.36. The van der Waals surface area contributed by atoms with Crippen molar-refractivity contribution in [2.75, 3.05) is 37.7 Å². The molecule has 1 amide bonds. The Morgan fingerprint density at radius 1 is 1.00 bits per heavy atom. The van der Waals surface area contributed by atoms with Gasteiger partial charge in [0.05, 0.1) is 0 Å². The lowest BCUT2D eigenvalue weighted by Gasteiger charge is -2.32. The first kappa shape index (κ1) is 21.9. The summed E-state index contributed by atoms with van der Waals surface area (Å²) in [6.07, 6.45) is 4.17. The van der Waals surface area contributed by atoms with Crippen molar-refractivity contribution in [1.29, 1.82) is 0 Å². The first-order valence-corrected chi connectivity index (χ1v) is 14.0. The maximum Gasteiger partial charge on any atom is 0.265 e. The minimum absolute atomic E-state index is 0.128. The third-order valence-electron chi connectivity index (χ3n) is 6.00. The number of sulfonamides is 1. The minimum Gasteiger partial charge on any atom is -0.338 e. The van der Waals surface area contributed by atoms with Crippen LogP contribution < -0.4 is 0 Å². The first-order chi connectivity index (χ1) is 14.6. The fourth-order valence-electron chi connectivity index (χ4n) is 4.17. The number of carbonyl (C=O) groups is 1. The van der Waals surface area contributed by atoms with Crippen molar-refractivity contribution in [2.45, 2.75) is 30.6 Å². The van der Waals surface area contributed by atoms with Crippen LogP contribution in [-0.2, 0) is 16.4 Å². The summed E-state index contributed by atoms with van der Waals surface area (Å²) in [5, 5.41) is 1.73. The van der Waals surface area contributed by atoms with Gasteiger partial charge in [0.15, 0.2) is 0 Å². The van der Waals surface area contributed by atoms with E-state index in [2.05, 4.69) is 24.3 Å². The van der Waals surface area contributed by atoms with Crippen molar-refractivity contribution in [2.24, 2.45) is 5.92 Å². The summed E-state index contributed by atoms with van der Waals surface area (Å²) in [4.78, 5) is 15.6. The molecule has 0 N–H and O–H groups in total. The van der Waals surface area contributed by atoms with Crippen LogP contribution in [-0.4, -0.2) is 61.2 Å². The predicted molar refractivity (Wildman–Crippen MR) is 124 cm³/mol. The molecule has 0 spiro atoms. The average molecular weight is 465 g/mol. The van der Waals surface area contributed by atoms with Crippen molar-refractivity contribution < 1.29 is 13.2 Å². The van der Waals surface area contributed by atoms with Crippen molar-refractivity contribution in [1.82, 2.24) is 9.21 Å². The molecule has 0 unspecified atom stereocenters. The van der Waals surface area contributed by atoms with E-state index in [0.29, 0.717) is 37.0 Å². The van der Waals surface area contributed by atoms with E-state index in [0.717, 1.165) is 37.2 Å². The second kappa shape index (κ2) is 9.85. The van der Waals surface area contributed by atoms with Gasteiger partial charge >= 0.3 is 0 Å². The van der Waals surface area contributed by atoms with E-state index in [9.17, 15) is 13.2 Å². The van der Waals surface area contributed by atoms with Gasteiger partial charge in [0.25, 0.3) is 5.91 Å². The predicted octanol–water partition coefficient (Wildman–Crippen LogP) is 3.97. The standard InChI is InChI=1S/C22H28N2O3S3/c25-22(21-20(10-15-29-21)30(26,27)24-13-16-28-17-14-24)23-11-8-19(9-12-23)7-6-18-4-2-1-3-5-18/h1-5,10,15,19H,6-9,11-14,16-17H2. The summed E-state index contributed by atoms with van der Waals surface area (Å²) in [5.74, 6) is 2.11. The normalized spacial score (nSPS) is 19.1. The molecule has 4 rings (SSSR count). The largest absolute Gasteiger partial charge is 0.338 e. The molecule has 5 nitrogen and oxygen atoms in total. The fourth-order valence-corrected chi connectivity index (χ4v) is 8.10. The van der Waals surface area contributed by atoms with Gasteiger partial charge in [-0.25, -0.2) is 8.42 Å². The van der Waals surface area contributed by atoms with Gasteiger partial charge in [0.2, 0.25) is 10.0 Å². The molecule has 0 aliphatic carbocycles. The molecule has 2 aliphatic rings. The molecule has 2 fully saturated rings. The Kier molecular flexibility index (Phi) is 7.18. The molecule has 2 aromatic rings. The van der Waals surface area contributed by atoms with Gasteiger partial charge in [-0.1, -0.05) is 30.3 Å². The number of carbonyl (C=O) groups excluding carboxylic acids is 1. The molecule has 0 radical (unpaired) electrons. The highest BCUT2D eigenvalue weighted by Gasteiger charge is 2.33. The maximum atomic E-state index is 13.1. The van der Waals surface area contributed by atoms with Crippen LogP contribution in [0.1, 0.15) is 34.5 Å². The van der Waals surface area contributed by atoms with E-state index in [-0.39, 0.29) is 10.8 Å². The Hall–Kier alpha value is -1.35. The molecule has 2 aliphatic heterocycles. The van der Waals surface area contributed by atoms with Crippen LogP contribution in [0.25, 0.3) is 0 Å². The molecule has 1 aromatic carbocycles.